The Bertz CT molecular complexity index is 421. The lowest BCUT2D eigenvalue weighted by Gasteiger charge is -2.09. The Kier molecular flexibility index (Phi) is 4.13. The van der Waals surface area contributed by atoms with Crippen LogP contribution in [-0.2, 0) is 0 Å². The highest BCUT2D eigenvalue weighted by molar-refractivity contribution is 5.79. The van der Waals surface area contributed by atoms with Gasteiger partial charge in [-0.05, 0) is 42.7 Å². The fourth-order valence-corrected chi connectivity index (χ4v) is 1.43. The number of allylic oxidation sites excluding steroid dienone is 2. The number of hydrogen-bond donors (Lipinski definition) is 0. The maximum absolute atomic E-state index is 9.19. The Morgan fingerprint density at radius 2 is 1.81 bits per heavy atom. The molecule has 0 atom stereocenters. The molecule has 0 heterocycles. The monoisotopic (exact) mass is 215 g/mol. The summed E-state index contributed by atoms with van der Waals surface area (Å²) in [6.07, 6.45) is 0. The van der Waals surface area contributed by atoms with Gasteiger partial charge < -0.3 is 4.74 Å². The highest BCUT2D eigenvalue weighted by atomic mass is 16.5. The van der Waals surface area contributed by atoms with Gasteiger partial charge in [-0.25, -0.2) is 0 Å². The van der Waals surface area contributed by atoms with E-state index in [1.165, 1.54) is 0 Å². The average Bonchev–Trinajstić information content (AvgIpc) is 2.30. The first-order chi connectivity index (χ1) is 7.60. The van der Waals surface area contributed by atoms with E-state index in [4.69, 9.17) is 4.74 Å². The summed E-state index contributed by atoms with van der Waals surface area (Å²) in [4.78, 5) is 0. The lowest BCUT2D eigenvalue weighted by Crippen LogP contribution is -1.94. The molecule has 0 saturated carbocycles. The van der Waals surface area contributed by atoms with Crippen molar-refractivity contribution in [2.75, 3.05) is 7.11 Å². The topological polar surface area (TPSA) is 33.0 Å². The van der Waals surface area contributed by atoms with Gasteiger partial charge in [0.25, 0.3) is 0 Å². The van der Waals surface area contributed by atoms with Gasteiger partial charge >= 0.3 is 0 Å². The SMILES string of the molecule is COc1ccc(/C(C#N)=C(\C)C(C)C)cc1. The number of rotatable bonds is 3. The molecular formula is C14H17NO. The van der Waals surface area contributed by atoms with Gasteiger partial charge in [0.2, 0.25) is 0 Å². The van der Waals surface area contributed by atoms with Crippen molar-refractivity contribution in [2.45, 2.75) is 20.8 Å². The van der Waals surface area contributed by atoms with Crippen LogP contribution in [0.25, 0.3) is 5.57 Å². The van der Waals surface area contributed by atoms with E-state index in [0.29, 0.717) is 5.92 Å². The molecule has 0 bridgehead atoms. The van der Waals surface area contributed by atoms with E-state index < -0.39 is 0 Å². The first kappa shape index (κ1) is 12.3. The number of nitriles is 1. The van der Waals surface area contributed by atoms with E-state index in [1.807, 2.05) is 31.2 Å². The minimum absolute atomic E-state index is 0.386. The third-order valence-corrected chi connectivity index (χ3v) is 2.75. The van der Waals surface area contributed by atoms with E-state index in [-0.39, 0.29) is 0 Å². The molecule has 16 heavy (non-hydrogen) atoms. The van der Waals surface area contributed by atoms with Gasteiger partial charge in [-0.3, -0.25) is 0 Å². The van der Waals surface area contributed by atoms with Crippen LogP contribution in [0, 0.1) is 17.2 Å². The predicted octanol–water partition coefficient (Wildman–Crippen LogP) is 3.65. The minimum Gasteiger partial charge on any atom is -0.497 e. The number of nitrogens with zero attached hydrogens (tertiary/aromatic N) is 1. The molecule has 2 nitrogen and oxygen atoms in total. The van der Waals surface area contributed by atoms with Crippen LogP contribution in [0.5, 0.6) is 5.75 Å². The highest BCUT2D eigenvalue weighted by Gasteiger charge is 2.08. The Morgan fingerprint density at radius 1 is 1.25 bits per heavy atom. The van der Waals surface area contributed by atoms with Crippen molar-refractivity contribution in [2.24, 2.45) is 5.92 Å². The summed E-state index contributed by atoms with van der Waals surface area (Å²) in [5, 5.41) is 9.19. The van der Waals surface area contributed by atoms with Crippen molar-refractivity contribution in [3.05, 3.63) is 35.4 Å². The lowest BCUT2D eigenvalue weighted by molar-refractivity contribution is 0.415. The van der Waals surface area contributed by atoms with Gasteiger partial charge in [0.15, 0.2) is 0 Å². The Balaban J connectivity index is 3.16. The molecule has 0 aliphatic carbocycles. The molecule has 84 valence electrons. The number of ether oxygens (including phenoxy) is 1. The molecule has 0 unspecified atom stereocenters. The third-order valence-electron chi connectivity index (χ3n) is 2.75. The van der Waals surface area contributed by atoms with Gasteiger partial charge in [-0.1, -0.05) is 19.4 Å². The van der Waals surface area contributed by atoms with Crippen LogP contribution in [-0.4, -0.2) is 7.11 Å². The van der Waals surface area contributed by atoms with Crippen molar-refractivity contribution in [3.8, 4) is 11.8 Å². The summed E-state index contributed by atoms with van der Waals surface area (Å²) in [7, 11) is 1.63. The molecule has 0 aliphatic rings. The molecule has 2 heteroatoms. The minimum atomic E-state index is 0.386. The largest absolute Gasteiger partial charge is 0.497 e. The van der Waals surface area contributed by atoms with Crippen molar-refractivity contribution in [1.29, 1.82) is 5.26 Å². The fraction of sp³-hybridized carbons (Fsp3) is 0.357. The molecule has 0 amide bonds. The van der Waals surface area contributed by atoms with Crippen molar-refractivity contribution in [3.63, 3.8) is 0 Å². The van der Waals surface area contributed by atoms with E-state index in [0.717, 1.165) is 22.5 Å². The quantitative estimate of drug-likeness (QED) is 0.721. The third kappa shape index (κ3) is 2.64. The van der Waals surface area contributed by atoms with Gasteiger partial charge in [-0.2, -0.15) is 5.26 Å². The zero-order valence-electron chi connectivity index (χ0n) is 10.2. The predicted molar refractivity (Wildman–Crippen MR) is 66.0 cm³/mol. The number of hydrogen-bond acceptors (Lipinski definition) is 2. The second-order valence-electron chi connectivity index (χ2n) is 4.05. The van der Waals surface area contributed by atoms with E-state index in [9.17, 15) is 5.26 Å². The molecule has 0 N–H and O–H groups in total. The Labute approximate surface area is 97.2 Å². The van der Waals surface area contributed by atoms with Gasteiger partial charge in [0.1, 0.15) is 5.75 Å². The summed E-state index contributed by atoms with van der Waals surface area (Å²) in [6.45, 7) is 6.19. The van der Waals surface area contributed by atoms with Crippen LogP contribution in [0.4, 0.5) is 0 Å². The van der Waals surface area contributed by atoms with Crippen LogP contribution in [0.1, 0.15) is 26.3 Å². The summed E-state index contributed by atoms with van der Waals surface area (Å²) >= 11 is 0. The normalized spacial score (nSPS) is 12.0. The van der Waals surface area contributed by atoms with Crippen LogP contribution in [0.15, 0.2) is 29.8 Å². The zero-order chi connectivity index (χ0) is 12.1. The summed E-state index contributed by atoms with van der Waals surface area (Å²) in [5.74, 6) is 1.19. The Morgan fingerprint density at radius 3 is 2.19 bits per heavy atom. The first-order valence-corrected chi connectivity index (χ1v) is 5.35. The highest BCUT2D eigenvalue weighted by Crippen LogP contribution is 2.24. The molecule has 1 aromatic rings. The van der Waals surface area contributed by atoms with Crippen molar-refractivity contribution >= 4 is 5.57 Å². The zero-order valence-corrected chi connectivity index (χ0v) is 10.2. The molecule has 1 rings (SSSR count). The smallest absolute Gasteiger partial charge is 0.118 e. The molecule has 1 aromatic carbocycles. The molecular weight excluding hydrogens is 198 g/mol. The van der Waals surface area contributed by atoms with E-state index >= 15 is 0 Å². The molecule has 0 aliphatic heterocycles. The fourth-order valence-electron chi connectivity index (χ4n) is 1.43. The van der Waals surface area contributed by atoms with E-state index in [2.05, 4.69) is 19.9 Å². The maximum Gasteiger partial charge on any atom is 0.118 e. The molecule has 0 saturated heterocycles. The van der Waals surface area contributed by atoms with Crippen LogP contribution < -0.4 is 4.74 Å². The second-order valence-corrected chi connectivity index (χ2v) is 4.05. The van der Waals surface area contributed by atoms with E-state index in [1.54, 1.807) is 7.11 Å². The average molecular weight is 215 g/mol. The molecule has 0 aromatic heterocycles. The second kappa shape index (κ2) is 5.37. The van der Waals surface area contributed by atoms with Gasteiger partial charge in [0.05, 0.1) is 18.8 Å². The summed E-state index contributed by atoms with van der Waals surface area (Å²) < 4.78 is 5.09. The molecule has 0 fully saturated rings. The van der Waals surface area contributed by atoms with Crippen LogP contribution in [0.3, 0.4) is 0 Å². The van der Waals surface area contributed by atoms with Crippen molar-refractivity contribution < 1.29 is 4.74 Å². The van der Waals surface area contributed by atoms with Gasteiger partial charge in [-0.15, -0.1) is 0 Å². The summed E-state index contributed by atoms with van der Waals surface area (Å²) in [5.41, 5.74) is 2.83. The molecule has 0 spiro atoms. The first-order valence-electron chi connectivity index (χ1n) is 5.35. The van der Waals surface area contributed by atoms with Crippen LogP contribution in [0.2, 0.25) is 0 Å². The Hall–Kier alpha value is -1.75. The number of benzene rings is 1. The maximum atomic E-state index is 9.19. The van der Waals surface area contributed by atoms with Crippen LogP contribution >= 0.6 is 0 Å². The molecule has 0 radical (unpaired) electrons. The number of methoxy groups -OCH3 is 1. The van der Waals surface area contributed by atoms with Crippen molar-refractivity contribution in [1.82, 2.24) is 0 Å². The summed E-state index contributed by atoms with van der Waals surface area (Å²) in [6, 6.07) is 9.87. The van der Waals surface area contributed by atoms with Gasteiger partial charge in [0, 0.05) is 0 Å². The lowest BCUT2D eigenvalue weighted by atomic mass is 9.95. The standard InChI is InChI=1S/C14H17NO/c1-10(2)11(3)14(9-15)12-5-7-13(16-4)8-6-12/h5-8,10H,1-4H3/b14-11+.